The van der Waals surface area contributed by atoms with E-state index in [9.17, 15) is 15.0 Å². The fourth-order valence-electron chi connectivity index (χ4n) is 4.85. The second-order valence-corrected chi connectivity index (χ2v) is 11.9. The molecule has 5 nitrogen and oxygen atoms in total. The zero-order chi connectivity index (χ0) is 27.7. The van der Waals surface area contributed by atoms with Gasteiger partial charge in [-0.15, -0.1) is 0 Å². The third-order valence-electron chi connectivity index (χ3n) is 6.64. The summed E-state index contributed by atoms with van der Waals surface area (Å²) < 4.78 is 5.46. The molecule has 0 aliphatic heterocycles. The molecule has 37 heavy (non-hydrogen) atoms. The van der Waals surface area contributed by atoms with Gasteiger partial charge in [0.25, 0.3) is 0 Å². The molecule has 0 aliphatic rings. The van der Waals surface area contributed by atoms with Crippen LogP contribution in [0.15, 0.2) is 48.5 Å². The van der Waals surface area contributed by atoms with Crippen molar-refractivity contribution in [1.29, 1.82) is 0 Å². The van der Waals surface area contributed by atoms with Crippen LogP contribution in [-0.2, 0) is 15.6 Å². The number of hydrogen-bond acceptors (Lipinski definition) is 4. The van der Waals surface area contributed by atoms with E-state index in [1.807, 2.05) is 88.0 Å². The number of para-hydroxylation sites is 1. The minimum atomic E-state index is -0.952. The molecule has 0 heterocycles. The van der Waals surface area contributed by atoms with E-state index in [0.717, 1.165) is 33.5 Å². The van der Waals surface area contributed by atoms with Gasteiger partial charge in [0, 0.05) is 30.5 Å². The maximum absolute atomic E-state index is 12.7. The Morgan fingerprint density at radius 3 is 1.97 bits per heavy atom. The number of aryl methyl sites for hydroxylation is 2. The van der Waals surface area contributed by atoms with E-state index >= 15 is 0 Å². The number of carboxylic acid groups (broad SMARTS) is 1. The number of methoxy groups -OCH3 is 1. The molecule has 5 heteroatoms. The number of aromatic hydroxyl groups is 1. The first-order valence-electron chi connectivity index (χ1n) is 12.7. The Labute approximate surface area is 221 Å². The number of rotatable bonds is 7. The number of carboxylic acids is 1. The molecule has 0 aliphatic carbocycles. The number of carbonyl (C=O) groups is 1. The number of hydrogen-bond donors (Lipinski definition) is 2. The minimum absolute atomic E-state index is 0.224. The summed E-state index contributed by atoms with van der Waals surface area (Å²) in [6, 6.07) is 15.7. The smallest absolute Gasteiger partial charge is 0.336 e. The number of phenols is 1. The molecule has 0 atom stereocenters. The van der Waals surface area contributed by atoms with Crippen LogP contribution in [0.25, 0.3) is 11.1 Å². The molecule has 3 aromatic rings. The fraction of sp³-hybridized carbons (Fsp3) is 0.406. The molecule has 2 N–H and O–H groups in total. The molecule has 0 spiro atoms. The molecule has 0 fully saturated rings. The van der Waals surface area contributed by atoms with Gasteiger partial charge in [0.15, 0.2) is 0 Å². The van der Waals surface area contributed by atoms with Crippen LogP contribution in [0, 0.1) is 13.8 Å². The van der Waals surface area contributed by atoms with Gasteiger partial charge in [-0.1, -0.05) is 83.5 Å². The van der Waals surface area contributed by atoms with E-state index in [1.165, 1.54) is 0 Å². The number of aromatic carboxylic acids is 1. The summed E-state index contributed by atoms with van der Waals surface area (Å²) in [6.45, 7) is 17.3. The molecule has 3 aromatic carbocycles. The van der Waals surface area contributed by atoms with Crippen molar-refractivity contribution in [2.75, 3.05) is 25.2 Å². The largest absolute Gasteiger partial charge is 0.505 e. The molecule has 0 saturated carbocycles. The van der Waals surface area contributed by atoms with Crippen molar-refractivity contribution in [2.24, 2.45) is 0 Å². The molecule has 0 amide bonds. The maximum Gasteiger partial charge on any atom is 0.336 e. The van der Waals surface area contributed by atoms with Gasteiger partial charge in [0.1, 0.15) is 5.75 Å². The number of anilines is 2. The SMILES string of the molecule is COCCN(c1ccccc1-c1cc(C)cc(C(C)(C)C)c1C(=O)O)c1cc(C)cc(C(C)(C)C)c1O. The minimum Gasteiger partial charge on any atom is -0.505 e. The normalized spacial score (nSPS) is 12.0. The highest BCUT2D eigenvalue weighted by molar-refractivity contribution is 6.01. The predicted octanol–water partition coefficient (Wildman–Crippen LogP) is 7.75. The van der Waals surface area contributed by atoms with Gasteiger partial charge < -0.3 is 19.8 Å². The van der Waals surface area contributed by atoms with Gasteiger partial charge in [-0.25, -0.2) is 4.79 Å². The van der Waals surface area contributed by atoms with Crippen LogP contribution in [-0.4, -0.2) is 36.4 Å². The summed E-state index contributed by atoms with van der Waals surface area (Å²) in [6.07, 6.45) is 0. The molecule has 0 radical (unpaired) electrons. The number of ether oxygens (including phenoxy) is 1. The lowest BCUT2D eigenvalue weighted by molar-refractivity contribution is 0.0695. The van der Waals surface area contributed by atoms with Crippen LogP contribution in [0.3, 0.4) is 0 Å². The van der Waals surface area contributed by atoms with Crippen molar-refractivity contribution < 1.29 is 19.7 Å². The second kappa shape index (κ2) is 10.6. The predicted molar refractivity (Wildman–Crippen MR) is 153 cm³/mol. The Balaban J connectivity index is 2.39. The van der Waals surface area contributed by atoms with Crippen LogP contribution >= 0.6 is 0 Å². The summed E-state index contributed by atoms with van der Waals surface area (Å²) in [5.74, 6) is -0.728. The van der Waals surface area contributed by atoms with Crippen LogP contribution in [0.5, 0.6) is 5.75 Å². The first kappa shape index (κ1) is 28.3. The third-order valence-corrected chi connectivity index (χ3v) is 6.64. The Kier molecular flexibility index (Phi) is 8.09. The van der Waals surface area contributed by atoms with Crippen molar-refractivity contribution in [3.63, 3.8) is 0 Å². The molecular formula is C32H41NO4. The van der Waals surface area contributed by atoms with Crippen LogP contribution in [0.2, 0.25) is 0 Å². The second-order valence-electron chi connectivity index (χ2n) is 11.9. The number of benzene rings is 3. The average molecular weight is 504 g/mol. The first-order valence-corrected chi connectivity index (χ1v) is 12.7. The van der Waals surface area contributed by atoms with Crippen molar-refractivity contribution in [2.45, 2.75) is 66.2 Å². The van der Waals surface area contributed by atoms with Crippen molar-refractivity contribution in [3.05, 3.63) is 76.3 Å². The highest BCUT2D eigenvalue weighted by Gasteiger charge is 2.29. The number of nitrogens with zero attached hydrogens (tertiary/aromatic N) is 1. The van der Waals surface area contributed by atoms with Gasteiger partial charge in [0.2, 0.25) is 0 Å². The summed E-state index contributed by atoms with van der Waals surface area (Å²) in [5, 5.41) is 21.9. The lowest BCUT2D eigenvalue weighted by atomic mass is 9.79. The van der Waals surface area contributed by atoms with E-state index in [1.54, 1.807) is 7.11 Å². The Morgan fingerprint density at radius 1 is 0.838 bits per heavy atom. The van der Waals surface area contributed by atoms with Crippen LogP contribution in [0.1, 0.15) is 74.2 Å². The molecule has 0 aromatic heterocycles. The molecule has 198 valence electrons. The van der Waals surface area contributed by atoms with E-state index in [0.29, 0.717) is 30.0 Å². The first-order chi connectivity index (χ1) is 17.2. The van der Waals surface area contributed by atoms with Crippen molar-refractivity contribution in [3.8, 4) is 16.9 Å². The Morgan fingerprint density at radius 2 is 1.41 bits per heavy atom. The molecule has 0 unspecified atom stereocenters. The lowest BCUT2D eigenvalue weighted by Crippen LogP contribution is -2.24. The summed E-state index contributed by atoms with van der Waals surface area (Å²) >= 11 is 0. The zero-order valence-electron chi connectivity index (χ0n) is 23.7. The van der Waals surface area contributed by atoms with Gasteiger partial charge in [0.05, 0.1) is 17.9 Å². The van der Waals surface area contributed by atoms with Crippen LogP contribution in [0.4, 0.5) is 11.4 Å². The van der Waals surface area contributed by atoms with Crippen molar-refractivity contribution >= 4 is 17.3 Å². The Hall–Kier alpha value is -3.31. The van der Waals surface area contributed by atoms with Gasteiger partial charge in [-0.3, -0.25) is 0 Å². The van der Waals surface area contributed by atoms with Crippen LogP contribution < -0.4 is 4.90 Å². The monoisotopic (exact) mass is 503 g/mol. The molecular weight excluding hydrogens is 462 g/mol. The quantitative estimate of drug-likeness (QED) is 0.345. The van der Waals surface area contributed by atoms with E-state index in [-0.39, 0.29) is 16.6 Å². The standard InChI is InChI=1S/C32H41NO4/c1-20-16-23(28(30(35)36)24(17-20)31(3,4)5)22-12-10-11-13-26(22)33(14-15-37-9)27-19-21(2)18-25(29(27)34)32(6,7)8/h10-13,16-19,34H,14-15H2,1-9H3,(H,35,36). The van der Waals surface area contributed by atoms with Gasteiger partial charge in [-0.05, 0) is 53.5 Å². The Bertz CT molecular complexity index is 1300. The lowest BCUT2D eigenvalue weighted by Gasteiger charge is -2.32. The number of phenolic OH excluding ortho intramolecular Hbond substituents is 1. The van der Waals surface area contributed by atoms with E-state index in [2.05, 4.69) is 20.8 Å². The zero-order valence-corrected chi connectivity index (χ0v) is 23.7. The summed E-state index contributed by atoms with van der Waals surface area (Å²) in [4.78, 5) is 14.7. The highest BCUT2D eigenvalue weighted by atomic mass is 16.5. The highest BCUT2D eigenvalue weighted by Crippen LogP contribution is 2.45. The van der Waals surface area contributed by atoms with E-state index < -0.39 is 5.97 Å². The average Bonchev–Trinajstić information content (AvgIpc) is 2.79. The molecule has 0 bridgehead atoms. The topological polar surface area (TPSA) is 70.0 Å². The summed E-state index contributed by atoms with van der Waals surface area (Å²) in [5.41, 5.74) is 6.33. The molecule has 0 saturated heterocycles. The maximum atomic E-state index is 12.7. The molecule has 3 rings (SSSR count). The fourth-order valence-corrected chi connectivity index (χ4v) is 4.85. The summed E-state index contributed by atoms with van der Waals surface area (Å²) in [7, 11) is 1.65. The van der Waals surface area contributed by atoms with Gasteiger partial charge in [-0.2, -0.15) is 0 Å². The van der Waals surface area contributed by atoms with E-state index in [4.69, 9.17) is 4.74 Å². The van der Waals surface area contributed by atoms with Crippen molar-refractivity contribution in [1.82, 2.24) is 0 Å². The third kappa shape index (κ3) is 5.99. The van der Waals surface area contributed by atoms with Gasteiger partial charge >= 0.3 is 5.97 Å².